The van der Waals surface area contributed by atoms with Gasteiger partial charge in [0.2, 0.25) is 11.7 Å². The molecule has 0 fully saturated rings. The van der Waals surface area contributed by atoms with Crippen molar-refractivity contribution in [2.45, 2.75) is 20.0 Å². The van der Waals surface area contributed by atoms with E-state index in [1.54, 1.807) is 6.07 Å². The SMILES string of the molecule is CC(C)Oc1cc(Nc2ncccc2[N+](=O)[O-])[nH]n1. The molecule has 0 aromatic carbocycles. The van der Waals surface area contributed by atoms with Gasteiger partial charge in [-0.2, -0.15) is 0 Å². The van der Waals surface area contributed by atoms with Crippen LogP contribution in [-0.2, 0) is 0 Å². The molecule has 19 heavy (non-hydrogen) atoms. The number of rotatable bonds is 5. The Hall–Kier alpha value is -2.64. The first-order valence-corrected chi connectivity index (χ1v) is 5.64. The number of ether oxygens (including phenoxy) is 1. The second kappa shape index (κ2) is 5.34. The molecule has 0 saturated carbocycles. The second-order valence-electron chi connectivity index (χ2n) is 4.04. The van der Waals surface area contributed by atoms with E-state index >= 15 is 0 Å². The summed E-state index contributed by atoms with van der Waals surface area (Å²) in [5.74, 6) is 1.03. The van der Waals surface area contributed by atoms with Crippen LogP contribution in [0.2, 0.25) is 0 Å². The van der Waals surface area contributed by atoms with Crippen molar-refractivity contribution in [2.24, 2.45) is 0 Å². The molecule has 0 spiro atoms. The van der Waals surface area contributed by atoms with Crippen molar-refractivity contribution >= 4 is 17.3 Å². The number of nitrogens with zero attached hydrogens (tertiary/aromatic N) is 3. The van der Waals surface area contributed by atoms with Gasteiger partial charge in [-0.25, -0.2) is 4.98 Å². The molecule has 0 aliphatic heterocycles. The van der Waals surface area contributed by atoms with Gasteiger partial charge in [-0.3, -0.25) is 15.2 Å². The summed E-state index contributed by atoms with van der Waals surface area (Å²) < 4.78 is 5.37. The molecule has 0 amide bonds. The molecule has 100 valence electrons. The van der Waals surface area contributed by atoms with Gasteiger partial charge in [0.15, 0.2) is 0 Å². The molecule has 0 unspecified atom stereocenters. The van der Waals surface area contributed by atoms with E-state index in [9.17, 15) is 10.1 Å². The molecular weight excluding hydrogens is 250 g/mol. The number of nitrogens with one attached hydrogen (secondary N) is 2. The van der Waals surface area contributed by atoms with Crippen LogP contribution in [0.15, 0.2) is 24.4 Å². The van der Waals surface area contributed by atoms with Gasteiger partial charge in [0.1, 0.15) is 5.82 Å². The first-order valence-electron chi connectivity index (χ1n) is 5.64. The molecule has 0 saturated heterocycles. The number of aromatic amines is 1. The Morgan fingerprint density at radius 3 is 3.00 bits per heavy atom. The Kier molecular flexibility index (Phi) is 3.60. The average molecular weight is 263 g/mol. The molecule has 0 radical (unpaired) electrons. The number of pyridine rings is 1. The van der Waals surface area contributed by atoms with Gasteiger partial charge in [0, 0.05) is 18.3 Å². The number of anilines is 2. The lowest BCUT2D eigenvalue weighted by Crippen LogP contribution is -2.05. The predicted molar refractivity (Wildman–Crippen MR) is 68.5 cm³/mol. The zero-order chi connectivity index (χ0) is 13.8. The summed E-state index contributed by atoms with van der Waals surface area (Å²) in [5.41, 5.74) is -0.108. The zero-order valence-electron chi connectivity index (χ0n) is 10.5. The minimum absolute atomic E-state index is 0.000311. The van der Waals surface area contributed by atoms with E-state index in [4.69, 9.17) is 4.74 Å². The number of aromatic nitrogens is 3. The summed E-state index contributed by atoms with van der Waals surface area (Å²) in [6.07, 6.45) is 1.47. The minimum Gasteiger partial charge on any atom is -0.474 e. The Balaban J connectivity index is 2.17. The van der Waals surface area contributed by atoms with E-state index in [0.717, 1.165) is 0 Å². The molecule has 0 aliphatic carbocycles. The maximum absolute atomic E-state index is 10.8. The lowest BCUT2D eigenvalue weighted by Gasteiger charge is -2.04. The minimum atomic E-state index is -0.503. The Morgan fingerprint density at radius 2 is 2.32 bits per heavy atom. The average Bonchev–Trinajstić information content (AvgIpc) is 2.76. The topological polar surface area (TPSA) is 106 Å². The fourth-order valence-electron chi connectivity index (χ4n) is 1.44. The van der Waals surface area contributed by atoms with Gasteiger partial charge in [-0.1, -0.05) is 0 Å². The number of nitro groups is 1. The van der Waals surface area contributed by atoms with E-state index < -0.39 is 4.92 Å². The summed E-state index contributed by atoms with van der Waals surface area (Å²) in [6, 6.07) is 4.49. The zero-order valence-corrected chi connectivity index (χ0v) is 10.5. The van der Waals surface area contributed by atoms with Crippen molar-refractivity contribution in [1.29, 1.82) is 0 Å². The first kappa shape index (κ1) is 12.8. The lowest BCUT2D eigenvalue weighted by molar-refractivity contribution is -0.384. The summed E-state index contributed by atoms with van der Waals surface area (Å²) in [7, 11) is 0. The highest BCUT2D eigenvalue weighted by Crippen LogP contribution is 2.25. The van der Waals surface area contributed by atoms with Crippen LogP contribution in [0.3, 0.4) is 0 Å². The van der Waals surface area contributed by atoms with Crippen LogP contribution >= 0.6 is 0 Å². The highest BCUT2D eigenvalue weighted by Gasteiger charge is 2.15. The molecule has 2 aromatic rings. The smallest absolute Gasteiger partial charge is 0.311 e. The van der Waals surface area contributed by atoms with Crippen LogP contribution in [0.4, 0.5) is 17.3 Å². The monoisotopic (exact) mass is 263 g/mol. The normalized spacial score (nSPS) is 10.5. The summed E-state index contributed by atoms with van der Waals surface area (Å²) in [5, 5.41) is 20.2. The maximum atomic E-state index is 10.8. The number of hydrogen-bond acceptors (Lipinski definition) is 6. The summed E-state index contributed by atoms with van der Waals surface area (Å²) in [4.78, 5) is 14.3. The molecule has 8 nitrogen and oxygen atoms in total. The van der Waals surface area contributed by atoms with Crippen molar-refractivity contribution in [1.82, 2.24) is 15.2 Å². The van der Waals surface area contributed by atoms with Crippen LogP contribution in [0.5, 0.6) is 5.88 Å². The van der Waals surface area contributed by atoms with Gasteiger partial charge in [-0.05, 0) is 19.9 Å². The Labute approximate surface area is 109 Å². The van der Waals surface area contributed by atoms with Crippen molar-refractivity contribution < 1.29 is 9.66 Å². The molecule has 0 bridgehead atoms. The van der Waals surface area contributed by atoms with Gasteiger partial charge in [0.25, 0.3) is 0 Å². The van der Waals surface area contributed by atoms with Crippen LogP contribution in [-0.4, -0.2) is 26.2 Å². The largest absolute Gasteiger partial charge is 0.474 e. The van der Waals surface area contributed by atoms with Crippen LogP contribution in [0.1, 0.15) is 13.8 Å². The highest BCUT2D eigenvalue weighted by atomic mass is 16.6. The van der Waals surface area contributed by atoms with Crippen molar-refractivity contribution in [2.75, 3.05) is 5.32 Å². The molecule has 8 heteroatoms. The van der Waals surface area contributed by atoms with Gasteiger partial charge >= 0.3 is 5.69 Å². The van der Waals surface area contributed by atoms with E-state index in [1.807, 2.05) is 13.8 Å². The van der Waals surface area contributed by atoms with E-state index in [0.29, 0.717) is 11.7 Å². The molecular formula is C11H13N5O3. The third-order valence-corrected chi connectivity index (χ3v) is 2.15. The van der Waals surface area contributed by atoms with E-state index in [-0.39, 0.29) is 17.6 Å². The van der Waals surface area contributed by atoms with Gasteiger partial charge < -0.3 is 10.1 Å². The number of H-pyrrole nitrogens is 1. The van der Waals surface area contributed by atoms with Crippen LogP contribution in [0, 0.1) is 10.1 Å². The van der Waals surface area contributed by atoms with E-state index in [1.165, 1.54) is 18.3 Å². The molecule has 2 heterocycles. The lowest BCUT2D eigenvalue weighted by atomic mass is 10.4. The fraction of sp³-hybridized carbons (Fsp3) is 0.273. The fourth-order valence-corrected chi connectivity index (χ4v) is 1.44. The summed E-state index contributed by atoms with van der Waals surface area (Å²) >= 11 is 0. The van der Waals surface area contributed by atoms with Gasteiger partial charge in [0.05, 0.1) is 11.0 Å². The molecule has 2 aromatic heterocycles. The maximum Gasteiger partial charge on any atom is 0.311 e. The molecule has 2 rings (SSSR count). The standard InChI is InChI=1S/C11H13N5O3/c1-7(2)19-10-6-9(14-15-10)13-11-8(16(17)18)4-3-5-12-11/h3-7H,1-2H3,(H2,12,13,14,15). The third-order valence-electron chi connectivity index (χ3n) is 2.15. The first-order chi connectivity index (χ1) is 9.06. The molecule has 0 atom stereocenters. The molecule has 2 N–H and O–H groups in total. The highest BCUT2D eigenvalue weighted by molar-refractivity contribution is 5.63. The quantitative estimate of drug-likeness (QED) is 0.633. The predicted octanol–water partition coefficient (Wildman–Crippen LogP) is 2.24. The Bertz CT molecular complexity index is 581. The molecule has 0 aliphatic rings. The van der Waals surface area contributed by atoms with Gasteiger partial charge in [-0.15, -0.1) is 5.10 Å². The summed E-state index contributed by atoms with van der Waals surface area (Å²) in [6.45, 7) is 3.76. The van der Waals surface area contributed by atoms with Crippen molar-refractivity contribution in [3.8, 4) is 5.88 Å². The third kappa shape index (κ3) is 3.18. The number of hydrogen-bond donors (Lipinski definition) is 2. The van der Waals surface area contributed by atoms with Crippen molar-refractivity contribution in [3.63, 3.8) is 0 Å². The Morgan fingerprint density at radius 1 is 1.53 bits per heavy atom. The van der Waals surface area contributed by atoms with Crippen LogP contribution in [0.25, 0.3) is 0 Å². The van der Waals surface area contributed by atoms with E-state index in [2.05, 4.69) is 20.5 Å². The second-order valence-corrected chi connectivity index (χ2v) is 4.04. The van der Waals surface area contributed by atoms with Crippen molar-refractivity contribution in [3.05, 3.63) is 34.5 Å². The van der Waals surface area contributed by atoms with Crippen LogP contribution < -0.4 is 10.1 Å².